The van der Waals surface area contributed by atoms with E-state index >= 15 is 0 Å². The molecule has 0 spiro atoms. The SMILES string of the molecule is COCc1cc(C)nc(N/N=C\c2ccc(Cl)c([N+](=O)[O-])c2)c1C#N. The summed E-state index contributed by atoms with van der Waals surface area (Å²) in [7, 11) is 1.54. The summed E-state index contributed by atoms with van der Waals surface area (Å²) < 4.78 is 5.08. The number of pyridine rings is 1. The number of nitriles is 1. The maximum atomic E-state index is 10.9. The Bertz CT molecular complexity index is 877. The highest BCUT2D eigenvalue weighted by Crippen LogP contribution is 2.24. The molecular weight excluding hydrogens is 346 g/mol. The molecule has 8 nitrogen and oxygen atoms in total. The van der Waals surface area contributed by atoms with Gasteiger partial charge in [-0.15, -0.1) is 0 Å². The van der Waals surface area contributed by atoms with Crippen molar-refractivity contribution in [2.45, 2.75) is 13.5 Å². The van der Waals surface area contributed by atoms with Crippen molar-refractivity contribution < 1.29 is 9.66 Å². The van der Waals surface area contributed by atoms with E-state index in [9.17, 15) is 15.4 Å². The first kappa shape index (κ1) is 18.3. The predicted octanol–water partition coefficient (Wildman–Crippen LogP) is 3.42. The number of nitrogens with zero attached hydrogens (tertiary/aromatic N) is 4. The molecule has 1 heterocycles. The number of methoxy groups -OCH3 is 1. The molecule has 2 aromatic rings. The van der Waals surface area contributed by atoms with Crippen molar-refractivity contribution in [3.05, 3.63) is 61.8 Å². The number of ether oxygens (including phenoxy) is 1. The molecule has 0 aliphatic rings. The zero-order valence-corrected chi connectivity index (χ0v) is 14.2. The third-order valence-electron chi connectivity index (χ3n) is 3.19. The first-order valence-corrected chi connectivity index (χ1v) is 7.46. The number of hydrazone groups is 1. The molecule has 128 valence electrons. The van der Waals surface area contributed by atoms with Gasteiger partial charge in [0.15, 0.2) is 5.82 Å². The number of hydrogen-bond acceptors (Lipinski definition) is 7. The van der Waals surface area contributed by atoms with Crippen molar-refractivity contribution >= 4 is 29.3 Å². The molecule has 0 saturated heterocycles. The van der Waals surface area contributed by atoms with Crippen LogP contribution in [0.3, 0.4) is 0 Å². The van der Waals surface area contributed by atoms with Crippen molar-refractivity contribution in [1.82, 2.24) is 4.98 Å². The van der Waals surface area contributed by atoms with Crippen LogP contribution < -0.4 is 5.43 Å². The Balaban J connectivity index is 2.27. The van der Waals surface area contributed by atoms with E-state index in [1.807, 2.05) is 0 Å². The normalized spacial score (nSPS) is 10.6. The van der Waals surface area contributed by atoms with Crippen LogP contribution in [0.4, 0.5) is 11.5 Å². The number of aryl methyl sites for hydroxylation is 1. The van der Waals surface area contributed by atoms with E-state index in [-0.39, 0.29) is 23.1 Å². The van der Waals surface area contributed by atoms with Crippen LogP contribution in [0.1, 0.15) is 22.4 Å². The van der Waals surface area contributed by atoms with Crippen LogP contribution >= 0.6 is 11.6 Å². The van der Waals surface area contributed by atoms with E-state index in [1.165, 1.54) is 25.5 Å². The summed E-state index contributed by atoms with van der Waals surface area (Å²) in [6, 6.07) is 8.15. The van der Waals surface area contributed by atoms with Gasteiger partial charge in [-0.3, -0.25) is 15.5 Å². The molecule has 25 heavy (non-hydrogen) atoms. The Hall–Kier alpha value is -3.02. The van der Waals surface area contributed by atoms with Gasteiger partial charge in [0, 0.05) is 30.0 Å². The predicted molar refractivity (Wildman–Crippen MR) is 93.7 cm³/mol. The minimum Gasteiger partial charge on any atom is -0.380 e. The average Bonchev–Trinajstić information content (AvgIpc) is 2.56. The number of nitro groups is 1. The van der Waals surface area contributed by atoms with Gasteiger partial charge in [0.05, 0.1) is 17.7 Å². The summed E-state index contributed by atoms with van der Waals surface area (Å²) in [6.45, 7) is 2.06. The van der Waals surface area contributed by atoms with Gasteiger partial charge in [0.1, 0.15) is 16.7 Å². The van der Waals surface area contributed by atoms with Crippen molar-refractivity contribution in [2.24, 2.45) is 5.10 Å². The Morgan fingerprint density at radius 2 is 2.28 bits per heavy atom. The summed E-state index contributed by atoms with van der Waals surface area (Å²) in [5.41, 5.74) is 4.68. The topological polar surface area (TPSA) is 113 Å². The number of rotatable bonds is 6. The van der Waals surface area contributed by atoms with Gasteiger partial charge in [-0.25, -0.2) is 4.98 Å². The summed E-state index contributed by atoms with van der Waals surface area (Å²) in [4.78, 5) is 14.6. The van der Waals surface area contributed by atoms with Crippen LogP contribution in [-0.2, 0) is 11.3 Å². The molecule has 0 fully saturated rings. The van der Waals surface area contributed by atoms with Crippen molar-refractivity contribution in [3.63, 3.8) is 0 Å². The van der Waals surface area contributed by atoms with Crippen LogP contribution in [-0.4, -0.2) is 23.2 Å². The molecule has 0 radical (unpaired) electrons. The van der Waals surface area contributed by atoms with E-state index in [1.54, 1.807) is 19.1 Å². The summed E-state index contributed by atoms with van der Waals surface area (Å²) in [6.07, 6.45) is 1.38. The number of halogens is 1. The molecule has 0 amide bonds. The second-order valence-electron chi connectivity index (χ2n) is 5.03. The highest BCUT2D eigenvalue weighted by atomic mass is 35.5. The molecule has 0 atom stereocenters. The van der Waals surface area contributed by atoms with Crippen LogP contribution in [0.15, 0.2) is 29.4 Å². The lowest BCUT2D eigenvalue weighted by Crippen LogP contribution is -2.03. The minimum atomic E-state index is -0.569. The van der Waals surface area contributed by atoms with Gasteiger partial charge in [-0.05, 0) is 19.1 Å². The van der Waals surface area contributed by atoms with Crippen LogP contribution in [0.5, 0.6) is 0 Å². The van der Waals surface area contributed by atoms with Crippen LogP contribution in [0.25, 0.3) is 0 Å². The minimum absolute atomic E-state index is 0.0476. The lowest BCUT2D eigenvalue weighted by atomic mass is 10.1. The quantitative estimate of drug-likeness (QED) is 0.480. The highest BCUT2D eigenvalue weighted by molar-refractivity contribution is 6.32. The molecule has 0 aliphatic carbocycles. The first-order chi connectivity index (χ1) is 12.0. The summed E-state index contributed by atoms with van der Waals surface area (Å²) in [5, 5.41) is 24.3. The zero-order chi connectivity index (χ0) is 18.4. The molecule has 0 aliphatic heterocycles. The fraction of sp³-hybridized carbons (Fsp3) is 0.188. The number of nitro benzene ring substituents is 1. The Morgan fingerprint density at radius 3 is 2.92 bits per heavy atom. The number of hydrogen-bond donors (Lipinski definition) is 1. The van der Waals surface area contributed by atoms with E-state index in [4.69, 9.17) is 16.3 Å². The number of nitrogens with one attached hydrogen (secondary N) is 1. The van der Waals surface area contributed by atoms with Crippen molar-refractivity contribution in [2.75, 3.05) is 12.5 Å². The third-order valence-corrected chi connectivity index (χ3v) is 3.51. The van der Waals surface area contributed by atoms with Gasteiger partial charge in [0.2, 0.25) is 0 Å². The molecule has 0 bridgehead atoms. The average molecular weight is 360 g/mol. The maximum absolute atomic E-state index is 10.9. The fourth-order valence-electron chi connectivity index (χ4n) is 2.13. The van der Waals surface area contributed by atoms with Crippen LogP contribution in [0.2, 0.25) is 5.02 Å². The lowest BCUT2D eigenvalue weighted by Gasteiger charge is -2.09. The fourth-order valence-corrected chi connectivity index (χ4v) is 2.32. The molecule has 1 aromatic heterocycles. The van der Waals surface area contributed by atoms with Gasteiger partial charge in [0.25, 0.3) is 5.69 Å². The second kappa shape index (κ2) is 8.19. The van der Waals surface area contributed by atoms with E-state index in [0.717, 1.165) is 0 Å². The Kier molecular flexibility index (Phi) is 6.00. The maximum Gasteiger partial charge on any atom is 0.288 e. The van der Waals surface area contributed by atoms with E-state index < -0.39 is 4.92 Å². The highest BCUT2D eigenvalue weighted by Gasteiger charge is 2.13. The van der Waals surface area contributed by atoms with Crippen molar-refractivity contribution in [1.29, 1.82) is 5.26 Å². The monoisotopic (exact) mass is 359 g/mol. The Labute approximate surface area is 148 Å². The smallest absolute Gasteiger partial charge is 0.288 e. The largest absolute Gasteiger partial charge is 0.380 e. The first-order valence-electron chi connectivity index (χ1n) is 7.08. The Morgan fingerprint density at radius 1 is 1.52 bits per heavy atom. The third kappa shape index (κ3) is 4.50. The molecule has 0 unspecified atom stereocenters. The van der Waals surface area contributed by atoms with E-state index in [0.29, 0.717) is 22.4 Å². The summed E-state index contributed by atoms with van der Waals surface area (Å²) in [5.74, 6) is 0.286. The van der Waals surface area contributed by atoms with Crippen molar-refractivity contribution in [3.8, 4) is 6.07 Å². The molecule has 0 saturated carbocycles. The molecule has 1 aromatic carbocycles. The lowest BCUT2D eigenvalue weighted by molar-refractivity contribution is -0.384. The second-order valence-corrected chi connectivity index (χ2v) is 5.44. The molecular formula is C16H14ClN5O3. The standard InChI is InChI=1S/C16H14ClN5O3/c1-10-5-12(9-25-2)13(7-18)16(20-10)21-19-8-11-3-4-14(17)15(6-11)22(23)24/h3-6,8H,9H2,1-2H3,(H,20,21)/b19-8-. The van der Waals surface area contributed by atoms with Crippen LogP contribution in [0, 0.1) is 28.4 Å². The number of anilines is 1. The molecule has 1 N–H and O–H groups in total. The zero-order valence-electron chi connectivity index (χ0n) is 13.5. The number of benzene rings is 1. The van der Waals surface area contributed by atoms with Gasteiger partial charge in [-0.1, -0.05) is 17.7 Å². The molecule has 2 rings (SSSR count). The summed E-state index contributed by atoms with van der Waals surface area (Å²) >= 11 is 5.77. The van der Waals surface area contributed by atoms with Gasteiger partial charge < -0.3 is 4.74 Å². The molecule has 9 heteroatoms. The number of aromatic nitrogens is 1. The van der Waals surface area contributed by atoms with Gasteiger partial charge >= 0.3 is 0 Å². The van der Waals surface area contributed by atoms with E-state index in [2.05, 4.69) is 21.6 Å². The van der Waals surface area contributed by atoms with Gasteiger partial charge in [-0.2, -0.15) is 10.4 Å².